The van der Waals surface area contributed by atoms with Crippen LogP contribution in [0.4, 0.5) is 5.69 Å². The van der Waals surface area contributed by atoms with Crippen molar-refractivity contribution in [2.24, 2.45) is 17.8 Å². The predicted molar refractivity (Wildman–Crippen MR) is 134 cm³/mol. The first-order chi connectivity index (χ1) is 16.6. The fourth-order valence-electron chi connectivity index (χ4n) is 7.22. The third-order valence-corrected chi connectivity index (χ3v) is 9.05. The molecule has 4 aromatic rings. The Kier molecular flexibility index (Phi) is 4.69. The van der Waals surface area contributed by atoms with Crippen LogP contribution in [-0.2, 0) is 10.2 Å². The van der Waals surface area contributed by atoms with Crippen LogP contribution in [0.1, 0.15) is 44.1 Å². The van der Waals surface area contributed by atoms with Crippen molar-refractivity contribution in [3.8, 4) is 0 Å². The molecule has 8 rings (SSSR count). The lowest BCUT2D eigenvalue weighted by Crippen LogP contribution is -2.48. The first-order valence-corrected chi connectivity index (χ1v) is 13.3. The Balaban J connectivity index is 1.01. The summed E-state index contributed by atoms with van der Waals surface area (Å²) < 4.78 is 1.67. The molecule has 4 aliphatic rings. The van der Waals surface area contributed by atoms with Crippen LogP contribution in [0.25, 0.3) is 16.6 Å². The minimum absolute atomic E-state index is 0.0469. The molecule has 0 unspecified atom stereocenters. The first kappa shape index (κ1) is 20.4. The number of nitrogens with one attached hydrogen (secondary N) is 1. The molecule has 0 radical (unpaired) electrons. The van der Waals surface area contributed by atoms with Gasteiger partial charge < -0.3 is 5.32 Å². The summed E-state index contributed by atoms with van der Waals surface area (Å²) >= 11 is 1.34. The Bertz CT molecular complexity index is 1360. The van der Waals surface area contributed by atoms with E-state index in [1.165, 1.54) is 55.9 Å². The van der Waals surface area contributed by atoms with Crippen molar-refractivity contribution in [3.05, 3.63) is 60.4 Å². The zero-order chi connectivity index (χ0) is 22.7. The quantitative estimate of drug-likeness (QED) is 0.392. The van der Waals surface area contributed by atoms with Crippen LogP contribution >= 0.6 is 11.8 Å². The number of rotatable bonds is 5. The number of para-hydroxylation sites is 1. The number of thioether (sulfide) groups is 1. The highest BCUT2D eigenvalue weighted by atomic mass is 32.2. The molecule has 1 N–H and O–H groups in total. The van der Waals surface area contributed by atoms with Gasteiger partial charge in [0.1, 0.15) is 6.33 Å². The van der Waals surface area contributed by atoms with Crippen molar-refractivity contribution in [2.75, 3.05) is 11.1 Å². The van der Waals surface area contributed by atoms with Crippen molar-refractivity contribution in [1.82, 2.24) is 19.6 Å². The summed E-state index contributed by atoms with van der Waals surface area (Å²) in [4.78, 5) is 21.6. The first-order valence-electron chi connectivity index (χ1n) is 12.3. The van der Waals surface area contributed by atoms with Crippen LogP contribution in [0.5, 0.6) is 0 Å². The van der Waals surface area contributed by atoms with E-state index in [1.807, 2.05) is 24.3 Å². The lowest BCUT2D eigenvalue weighted by molar-refractivity contribution is -0.113. The van der Waals surface area contributed by atoms with Gasteiger partial charge in [-0.3, -0.25) is 4.79 Å². The molecule has 0 saturated heterocycles. The SMILES string of the molecule is O=C(CSc1nc2c3ccccc3ncn2n1)Nc1ccc(C23CC4CC(CC(C4)C2)C3)cc1. The predicted octanol–water partition coefficient (Wildman–Crippen LogP) is 5.48. The van der Waals surface area contributed by atoms with E-state index < -0.39 is 0 Å². The normalized spacial score (nSPS) is 27.5. The highest BCUT2D eigenvalue weighted by Crippen LogP contribution is 2.60. The van der Waals surface area contributed by atoms with Gasteiger partial charge in [0.25, 0.3) is 0 Å². The van der Waals surface area contributed by atoms with E-state index in [-0.39, 0.29) is 11.7 Å². The number of aromatic nitrogens is 4. The lowest BCUT2D eigenvalue weighted by Gasteiger charge is -2.57. The second-order valence-electron chi connectivity index (χ2n) is 10.5. The molecule has 2 aromatic carbocycles. The summed E-state index contributed by atoms with van der Waals surface area (Å²) in [5.74, 6) is 3.02. The number of amides is 1. The number of nitrogens with zero attached hydrogens (tertiary/aromatic N) is 4. The minimum atomic E-state index is -0.0469. The van der Waals surface area contributed by atoms with Crippen molar-refractivity contribution in [2.45, 2.75) is 49.1 Å². The van der Waals surface area contributed by atoms with E-state index in [4.69, 9.17) is 0 Å². The molecule has 6 nitrogen and oxygen atoms in total. The Morgan fingerprint density at radius 3 is 2.44 bits per heavy atom. The van der Waals surface area contributed by atoms with Gasteiger partial charge in [0.05, 0.1) is 11.3 Å². The van der Waals surface area contributed by atoms with Crippen LogP contribution in [0.15, 0.2) is 60.0 Å². The zero-order valence-corrected chi connectivity index (χ0v) is 19.8. The highest BCUT2D eigenvalue weighted by molar-refractivity contribution is 7.99. The van der Waals surface area contributed by atoms with Crippen molar-refractivity contribution < 1.29 is 4.79 Å². The van der Waals surface area contributed by atoms with Gasteiger partial charge in [-0.15, -0.1) is 5.10 Å². The van der Waals surface area contributed by atoms with Crippen LogP contribution in [0, 0.1) is 17.8 Å². The molecule has 0 aliphatic heterocycles. The van der Waals surface area contributed by atoms with Gasteiger partial charge in [-0.1, -0.05) is 36.0 Å². The molecule has 4 bridgehead atoms. The second kappa shape index (κ2) is 7.80. The molecular formula is C27H27N5OS. The number of carbonyl (C=O) groups is 1. The standard InChI is InChI=1S/C27H27N5OS/c33-24(15-34-26-30-25-22-3-1-2-4-23(22)28-16-32(25)31-26)29-21-7-5-20(6-8-21)27-12-17-9-18(13-27)11-19(10-17)14-27/h1-8,16-19H,9-15H2,(H,29,33). The summed E-state index contributed by atoms with van der Waals surface area (Å²) in [6.07, 6.45) is 10.1. The molecule has 0 atom stereocenters. The maximum atomic E-state index is 12.6. The molecule has 1 amide bonds. The third kappa shape index (κ3) is 3.49. The van der Waals surface area contributed by atoms with Gasteiger partial charge in [-0.25, -0.2) is 14.5 Å². The van der Waals surface area contributed by atoms with Crippen molar-refractivity contribution in [1.29, 1.82) is 0 Å². The van der Waals surface area contributed by atoms with E-state index in [1.54, 1.807) is 10.8 Å². The van der Waals surface area contributed by atoms with Crippen LogP contribution < -0.4 is 5.32 Å². The summed E-state index contributed by atoms with van der Waals surface area (Å²) in [6, 6.07) is 16.6. The van der Waals surface area contributed by atoms with Gasteiger partial charge in [0.2, 0.25) is 11.1 Å². The fraction of sp³-hybridized carbons (Fsp3) is 0.407. The summed E-state index contributed by atoms with van der Waals surface area (Å²) in [7, 11) is 0. The minimum Gasteiger partial charge on any atom is -0.325 e. The maximum absolute atomic E-state index is 12.6. The van der Waals surface area contributed by atoms with Gasteiger partial charge >= 0.3 is 0 Å². The van der Waals surface area contributed by atoms with Gasteiger partial charge in [0.15, 0.2) is 5.65 Å². The average Bonchev–Trinajstić information content (AvgIpc) is 3.26. The summed E-state index contributed by atoms with van der Waals surface area (Å²) in [6.45, 7) is 0. The lowest BCUT2D eigenvalue weighted by atomic mass is 9.48. The Labute approximate surface area is 202 Å². The molecule has 4 aliphatic carbocycles. The molecular weight excluding hydrogens is 442 g/mol. The van der Waals surface area contributed by atoms with Gasteiger partial charge in [0, 0.05) is 11.1 Å². The maximum Gasteiger partial charge on any atom is 0.234 e. The zero-order valence-electron chi connectivity index (χ0n) is 19.0. The number of benzene rings is 2. The molecule has 7 heteroatoms. The summed E-state index contributed by atoms with van der Waals surface area (Å²) in [5.41, 5.74) is 4.37. The third-order valence-electron chi connectivity index (χ3n) is 8.21. The van der Waals surface area contributed by atoms with Gasteiger partial charge in [-0.05, 0) is 91.5 Å². The molecule has 2 aromatic heterocycles. The summed E-state index contributed by atoms with van der Waals surface area (Å²) in [5, 5.41) is 9.04. The Morgan fingerprint density at radius 1 is 1.00 bits per heavy atom. The number of hydrogen-bond acceptors (Lipinski definition) is 5. The van der Waals surface area contributed by atoms with Crippen LogP contribution in [-0.4, -0.2) is 31.2 Å². The van der Waals surface area contributed by atoms with Gasteiger partial charge in [-0.2, -0.15) is 0 Å². The smallest absolute Gasteiger partial charge is 0.234 e. The van der Waals surface area contributed by atoms with E-state index in [0.717, 1.165) is 40.0 Å². The van der Waals surface area contributed by atoms with E-state index >= 15 is 0 Å². The second-order valence-corrected chi connectivity index (χ2v) is 11.5. The van der Waals surface area contributed by atoms with E-state index in [0.29, 0.717) is 10.6 Å². The Morgan fingerprint density at radius 2 is 1.71 bits per heavy atom. The molecule has 34 heavy (non-hydrogen) atoms. The van der Waals surface area contributed by atoms with E-state index in [9.17, 15) is 4.79 Å². The number of anilines is 1. The molecule has 172 valence electrons. The molecule has 4 fully saturated rings. The van der Waals surface area contributed by atoms with Crippen molar-refractivity contribution >= 4 is 39.9 Å². The van der Waals surface area contributed by atoms with Crippen LogP contribution in [0.3, 0.4) is 0 Å². The van der Waals surface area contributed by atoms with Crippen LogP contribution in [0.2, 0.25) is 0 Å². The number of hydrogen-bond donors (Lipinski definition) is 1. The topological polar surface area (TPSA) is 72.2 Å². The number of carbonyl (C=O) groups excluding carboxylic acids is 1. The van der Waals surface area contributed by atoms with Crippen molar-refractivity contribution in [3.63, 3.8) is 0 Å². The largest absolute Gasteiger partial charge is 0.325 e. The Hall–Kier alpha value is -2.93. The molecule has 2 heterocycles. The average molecular weight is 470 g/mol. The molecule has 0 spiro atoms. The van der Waals surface area contributed by atoms with E-state index in [2.05, 4.69) is 44.6 Å². The fourth-order valence-corrected chi connectivity index (χ4v) is 7.85. The monoisotopic (exact) mass is 469 g/mol. The highest BCUT2D eigenvalue weighted by Gasteiger charge is 2.51. The number of fused-ring (bicyclic) bond motifs is 3. The molecule has 4 saturated carbocycles.